The highest BCUT2D eigenvalue weighted by atomic mass is 35.5. The largest absolute Gasteiger partial charge is 0.496 e. The minimum atomic E-state index is -0.414. The SMILES string of the molecule is COc1cc(-c2cc(Cl)cnc2OC)ccc1CC(N)=O. The molecule has 0 atom stereocenters. The molecule has 1 amide bonds. The van der Waals surface area contributed by atoms with Gasteiger partial charge in [0.1, 0.15) is 5.75 Å². The van der Waals surface area contributed by atoms with Crippen LogP contribution in [-0.2, 0) is 11.2 Å². The van der Waals surface area contributed by atoms with E-state index in [9.17, 15) is 4.79 Å². The van der Waals surface area contributed by atoms with Crippen molar-refractivity contribution in [2.24, 2.45) is 5.73 Å². The first-order chi connectivity index (χ1) is 10.0. The van der Waals surface area contributed by atoms with Gasteiger partial charge in [-0.3, -0.25) is 4.79 Å². The van der Waals surface area contributed by atoms with Crippen LogP contribution in [0.2, 0.25) is 5.02 Å². The van der Waals surface area contributed by atoms with E-state index in [4.69, 9.17) is 26.8 Å². The molecule has 0 bridgehead atoms. The lowest BCUT2D eigenvalue weighted by Crippen LogP contribution is -2.14. The van der Waals surface area contributed by atoms with Crippen molar-refractivity contribution < 1.29 is 14.3 Å². The van der Waals surface area contributed by atoms with Gasteiger partial charge in [0.05, 0.1) is 25.7 Å². The number of amides is 1. The van der Waals surface area contributed by atoms with Crippen molar-refractivity contribution in [3.8, 4) is 22.8 Å². The molecule has 0 aliphatic rings. The molecule has 6 heteroatoms. The summed E-state index contributed by atoms with van der Waals surface area (Å²) in [6.45, 7) is 0. The van der Waals surface area contributed by atoms with Crippen molar-refractivity contribution in [2.45, 2.75) is 6.42 Å². The minimum absolute atomic E-state index is 0.119. The smallest absolute Gasteiger partial charge is 0.221 e. The van der Waals surface area contributed by atoms with Crippen LogP contribution >= 0.6 is 11.6 Å². The van der Waals surface area contributed by atoms with Crippen LogP contribution in [0.5, 0.6) is 11.6 Å². The van der Waals surface area contributed by atoms with Gasteiger partial charge in [0.25, 0.3) is 0 Å². The van der Waals surface area contributed by atoms with Gasteiger partial charge in [-0.1, -0.05) is 23.7 Å². The Labute approximate surface area is 127 Å². The van der Waals surface area contributed by atoms with Gasteiger partial charge in [0.15, 0.2) is 0 Å². The zero-order valence-electron chi connectivity index (χ0n) is 11.7. The van der Waals surface area contributed by atoms with Crippen LogP contribution in [0.1, 0.15) is 5.56 Å². The standard InChI is InChI=1S/C15H15ClN2O3/c1-20-13-5-9(3-4-10(13)6-14(17)19)12-7-11(16)8-18-15(12)21-2/h3-5,7-8H,6H2,1-2H3,(H2,17,19). The molecular weight excluding hydrogens is 292 g/mol. The van der Waals surface area contributed by atoms with E-state index in [1.54, 1.807) is 25.3 Å². The lowest BCUT2D eigenvalue weighted by molar-refractivity contribution is -0.117. The molecule has 21 heavy (non-hydrogen) atoms. The Bertz CT molecular complexity index is 674. The molecule has 2 N–H and O–H groups in total. The summed E-state index contributed by atoms with van der Waals surface area (Å²) in [7, 11) is 3.08. The first-order valence-corrected chi connectivity index (χ1v) is 6.58. The average molecular weight is 307 g/mol. The summed E-state index contributed by atoms with van der Waals surface area (Å²) in [6.07, 6.45) is 1.64. The summed E-state index contributed by atoms with van der Waals surface area (Å²) in [5.74, 6) is 0.625. The third-order valence-electron chi connectivity index (χ3n) is 2.97. The molecule has 2 aromatic rings. The topological polar surface area (TPSA) is 74.4 Å². The fourth-order valence-electron chi connectivity index (χ4n) is 2.04. The molecule has 0 saturated heterocycles. The maximum absolute atomic E-state index is 11.1. The van der Waals surface area contributed by atoms with E-state index in [1.165, 1.54) is 13.3 Å². The van der Waals surface area contributed by atoms with Crippen molar-refractivity contribution in [3.63, 3.8) is 0 Å². The van der Waals surface area contributed by atoms with Crippen LogP contribution in [0.3, 0.4) is 0 Å². The van der Waals surface area contributed by atoms with Crippen molar-refractivity contribution >= 4 is 17.5 Å². The monoisotopic (exact) mass is 306 g/mol. The van der Waals surface area contributed by atoms with Crippen molar-refractivity contribution in [2.75, 3.05) is 14.2 Å². The van der Waals surface area contributed by atoms with Gasteiger partial charge in [0.2, 0.25) is 11.8 Å². The second kappa shape index (κ2) is 6.45. The van der Waals surface area contributed by atoms with E-state index in [0.717, 1.165) is 16.7 Å². The Kier molecular flexibility index (Phi) is 4.65. The third kappa shape index (κ3) is 3.44. The average Bonchev–Trinajstić information content (AvgIpc) is 2.47. The summed E-state index contributed by atoms with van der Waals surface area (Å²) in [5.41, 5.74) is 7.52. The zero-order chi connectivity index (χ0) is 15.4. The van der Waals surface area contributed by atoms with Gasteiger partial charge in [-0.25, -0.2) is 4.98 Å². The Morgan fingerprint density at radius 2 is 2.05 bits per heavy atom. The van der Waals surface area contributed by atoms with E-state index in [1.807, 2.05) is 6.07 Å². The maximum atomic E-state index is 11.1. The number of benzene rings is 1. The third-order valence-corrected chi connectivity index (χ3v) is 3.18. The number of methoxy groups -OCH3 is 2. The van der Waals surface area contributed by atoms with Gasteiger partial charge >= 0.3 is 0 Å². The van der Waals surface area contributed by atoms with Crippen LogP contribution in [0.25, 0.3) is 11.1 Å². The number of halogens is 1. The summed E-state index contributed by atoms with van der Waals surface area (Å²) in [5, 5.41) is 0.506. The highest BCUT2D eigenvalue weighted by Crippen LogP contribution is 2.33. The lowest BCUT2D eigenvalue weighted by atomic mass is 10.0. The number of hydrogen-bond donors (Lipinski definition) is 1. The molecule has 1 aromatic carbocycles. The number of pyridine rings is 1. The predicted octanol–water partition coefficient (Wildman–Crippen LogP) is 2.45. The number of nitrogens with zero attached hydrogens (tertiary/aromatic N) is 1. The normalized spacial score (nSPS) is 10.2. The molecule has 0 saturated carbocycles. The van der Waals surface area contributed by atoms with E-state index in [0.29, 0.717) is 16.7 Å². The Hall–Kier alpha value is -2.27. The molecule has 0 aliphatic heterocycles. The van der Waals surface area contributed by atoms with E-state index in [2.05, 4.69) is 4.98 Å². The molecule has 0 spiro atoms. The predicted molar refractivity (Wildman–Crippen MR) is 80.7 cm³/mol. The quantitative estimate of drug-likeness (QED) is 0.920. The summed E-state index contributed by atoms with van der Waals surface area (Å²) >= 11 is 5.99. The van der Waals surface area contributed by atoms with Gasteiger partial charge < -0.3 is 15.2 Å². The minimum Gasteiger partial charge on any atom is -0.496 e. The van der Waals surface area contributed by atoms with Gasteiger partial charge in [-0.15, -0.1) is 0 Å². The van der Waals surface area contributed by atoms with Gasteiger partial charge in [0, 0.05) is 17.3 Å². The molecule has 2 rings (SSSR count). The Morgan fingerprint density at radius 3 is 2.67 bits per heavy atom. The first kappa shape index (κ1) is 15.1. The number of carbonyl (C=O) groups is 1. The summed E-state index contributed by atoms with van der Waals surface area (Å²) in [4.78, 5) is 15.2. The number of hydrogen-bond acceptors (Lipinski definition) is 4. The Morgan fingerprint density at radius 1 is 1.29 bits per heavy atom. The first-order valence-electron chi connectivity index (χ1n) is 6.20. The fourth-order valence-corrected chi connectivity index (χ4v) is 2.20. The second-order valence-corrected chi connectivity index (χ2v) is 4.82. The van der Waals surface area contributed by atoms with Gasteiger partial charge in [-0.2, -0.15) is 0 Å². The van der Waals surface area contributed by atoms with E-state index >= 15 is 0 Å². The summed E-state index contributed by atoms with van der Waals surface area (Å²) < 4.78 is 10.5. The number of nitrogens with two attached hydrogens (primary N) is 1. The number of rotatable bonds is 5. The van der Waals surface area contributed by atoms with Crippen molar-refractivity contribution in [1.82, 2.24) is 4.98 Å². The molecule has 0 aliphatic carbocycles. The summed E-state index contributed by atoms with van der Waals surface area (Å²) in [6, 6.07) is 7.19. The molecule has 5 nitrogen and oxygen atoms in total. The Balaban J connectivity index is 2.50. The molecule has 1 aromatic heterocycles. The van der Waals surface area contributed by atoms with Gasteiger partial charge in [-0.05, 0) is 17.7 Å². The van der Waals surface area contributed by atoms with E-state index < -0.39 is 5.91 Å². The second-order valence-electron chi connectivity index (χ2n) is 4.38. The van der Waals surface area contributed by atoms with E-state index in [-0.39, 0.29) is 6.42 Å². The highest BCUT2D eigenvalue weighted by molar-refractivity contribution is 6.30. The van der Waals surface area contributed by atoms with Crippen LogP contribution < -0.4 is 15.2 Å². The van der Waals surface area contributed by atoms with Crippen LogP contribution in [-0.4, -0.2) is 25.1 Å². The molecule has 0 fully saturated rings. The van der Waals surface area contributed by atoms with Crippen LogP contribution in [0.15, 0.2) is 30.5 Å². The van der Waals surface area contributed by atoms with Crippen molar-refractivity contribution in [1.29, 1.82) is 0 Å². The fraction of sp³-hybridized carbons (Fsp3) is 0.200. The van der Waals surface area contributed by atoms with Crippen LogP contribution in [0, 0.1) is 0 Å². The number of carbonyl (C=O) groups excluding carboxylic acids is 1. The highest BCUT2D eigenvalue weighted by Gasteiger charge is 2.12. The lowest BCUT2D eigenvalue weighted by Gasteiger charge is -2.12. The molecule has 110 valence electrons. The van der Waals surface area contributed by atoms with Crippen LogP contribution in [0.4, 0.5) is 0 Å². The zero-order valence-corrected chi connectivity index (χ0v) is 12.5. The number of primary amides is 1. The molecule has 1 heterocycles. The number of aromatic nitrogens is 1. The van der Waals surface area contributed by atoms with Crippen molar-refractivity contribution in [3.05, 3.63) is 41.0 Å². The molecular formula is C15H15ClN2O3. The molecule has 0 radical (unpaired) electrons. The number of ether oxygens (including phenoxy) is 2. The molecule has 0 unspecified atom stereocenters. The maximum Gasteiger partial charge on any atom is 0.221 e.